The molecule has 5 nitrogen and oxygen atoms in total. The van der Waals surface area contributed by atoms with E-state index in [1.54, 1.807) is 0 Å². The number of likely N-dealkylation sites (tertiary alicyclic amines) is 1. The van der Waals surface area contributed by atoms with Gasteiger partial charge in [-0.05, 0) is 37.2 Å². The van der Waals surface area contributed by atoms with Gasteiger partial charge in [-0.3, -0.25) is 9.59 Å². The Morgan fingerprint density at radius 1 is 1.21 bits per heavy atom. The predicted octanol–water partition coefficient (Wildman–Crippen LogP) is 2.28. The lowest BCUT2D eigenvalue weighted by Gasteiger charge is -2.34. The standard InChI is InChI=1S/C16H19F3N2O3/c17-16(18,19)12-7-13(14(22)20-8-12)15(23)21-4-1-10(2-5-21)11-3-6-24-9-11/h7-8,10-11H,1-6,9H2,(H,20,22). The molecule has 0 bridgehead atoms. The summed E-state index contributed by atoms with van der Waals surface area (Å²) in [6, 6.07) is 0.637. The van der Waals surface area contributed by atoms with Gasteiger partial charge in [0.15, 0.2) is 0 Å². The van der Waals surface area contributed by atoms with E-state index in [-0.39, 0.29) is 0 Å². The van der Waals surface area contributed by atoms with Crippen LogP contribution in [0.25, 0.3) is 0 Å². The van der Waals surface area contributed by atoms with Gasteiger partial charge in [0.1, 0.15) is 5.56 Å². The number of nitrogens with zero attached hydrogens (tertiary/aromatic N) is 1. The molecule has 1 amide bonds. The highest BCUT2D eigenvalue weighted by molar-refractivity contribution is 5.94. The topological polar surface area (TPSA) is 62.4 Å². The van der Waals surface area contributed by atoms with Gasteiger partial charge in [0, 0.05) is 32.5 Å². The fourth-order valence-corrected chi connectivity index (χ4v) is 3.48. The predicted molar refractivity (Wildman–Crippen MR) is 79.6 cm³/mol. The number of rotatable bonds is 2. The number of hydrogen-bond donors (Lipinski definition) is 1. The number of halogens is 3. The second kappa shape index (κ2) is 6.58. The summed E-state index contributed by atoms with van der Waals surface area (Å²) in [5.41, 5.74) is -2.27. The summed E-state index contributed by atoms with van der Waals surface area (Å²) >= 11 is 0. The Labute approximate surface area is 136 Å². The molecule has 0 aromatic carbocycles. The lowest BCUT2D eigenvalue weighted by atomic mass is 9.84. The maximum absolute atomic E-state index is 12.8. The summed E-state index contributed by atoms with van der Waals surface area (Å²) in [6.07, 6.45) is -1.42. The zero-order valence-corrected chi connectivity index (χ0v) is 13.1. The maximum atomic E-state index is 12.8. The molecule has 0 radical (unpaired) electrons. The average Bonchev–Trinajstić information content (AvgIpc) is 3.08. The lowest BCUT2D eigenvalue weighted by Crippen LogP contribution is -2.42. The van der Waals surface area contributed by atoms with Crippen LogP contribution >= 0.6 is 0 Å². The first-order chi connectivity index (χ1) is 11.4. The van der Waals surface area contributed by atoms with Crippen molar-refractivity contribution < 1.29 is 22.7 Å². The van der Waals surface area contributed by atoms with E-state index in [9.17, 15) is 22.8 Å². The molecule has 2 aliphatic heterocycles. The van der Waals surface area contributed by atoms with Crippen molar-refractivity contribution in [3.8, 4) is 0 Å². The fraction of sp³-hybridized carbons (Fsp3) is 0.625. The third-order valence-corrected chi connectivity index (χ3v) is 4.92. The van der Waals surface area contributed by atoms with Gasteiger partial charge in [-0.25, -0.2) is 0 Å². The molecule has 8 heteroatoms. The first kappa shape index (κ1) is 17.0. The van der Waals surface area contributed by atoms with Crippen LogP contribution in [0.1, 0.15) is 35.2 Å². The number of ether oxygens (including phenoxy) is 1. The van der Waals surface area contributed by atoms with Crippen LogP contribution in [-0.4, -0.2) is 42.1 Å². The molecule has 1 atom stereocenters. The Morgan fingerprint density at radius 3 is 2.50 bits per heavy atom. The second-order valence-electron chi connectivity index (χ2n) is 6.38. The summed E-state index contributed by atoms with van der Waals surface area (Å²) in [4.78, 5) is 27.7. The van der Waals surface area contributed by atoms with Crippen molar-refractivity contribution in [2.75, 3.05) is 26.3 Å². The molecule has 3 heterocycles. The van der Waals surface area contributed by atoms with E-state index < -0.39 is 28.8 Å². The largest absolute Gasteiger partial charge is 0.417 e. The number of aromatic amines is 1. The van der Waals surface area contributed by atoms with Crippen LogP contribution in [0.5, 0.6) is 0 Å². The number of carbonyl (C=O) groups excluding carboxylic acids is 1. The molecule has 2 fully saturated rings. The van der Waals surface area contributed by atoms with Crippen molar-refractivity contribution in [2.45, 2.75) is 25.4 Å². The van der Waals surface area contributed by atoms with Crippen LogP contribution in [-0.2, 0) is 10.9 Å². The summed E-state index contributed by atoms with van der Waals surface area (Å²) in [7, 11) is 0. The summed E-state index contributed by atoms with van der Waals surface area (Å²) < 4.78 is 43.7. The molecule has 2 saturated heterocycles. The molecule has 3 rings (SSSR count). The Kier molecular flexibility index (Phi) is 4.67. The molecule has 132 valence electrons. The maximum Gasteiger partial charge on any atom is 0.417 e. The average molecular weight is 344 g/mol. The Hall–Kier alpha value is -1.83. The van der Waals surface area contributed by atoms with Gasteiger partial charge in [0.2, 0.25) is 0 Å². The molecule has 0 saturated carbocycles. The number of H-pyrrole nitrogens is 1. The molecular formula is C16H19F3N2O3. The second-order valence-corrected chi connectivity index (χ2v) is 6.38. The molecule has 0 spiro atoms. The Bertz CT molecular complexity index is 657. The Morgan fingerprint density at radius 2 is 1.92 bits per heavy atom. The van der Waals surface area contributed by atoms with Crippen molar-refractivity contribution in [1.29, 1.82) is 0 Å². The SMILES string of the molecule is O=C(c1cc(C(F)(F)F)c[nH]c1=O)N1CCC(C2CCOC2)CC1. The fourth-order valence-electron chi connectivity index (χ4n) is 3.48. The highest BCUT2D eigenvalue weighted by atomic mass is 19.4. The van der Waals surface area contributed by atoms with Crippen LogP contribution in [0.2, 0.25) is 0 Å². The van der Waals surface area contributed by atoms with Crippen molar-refractivity contribution in [3.05, 3.63) is 33.7 Å². The van der Waals surface area contributed by atoms with E-state index in [1.165, 1.54) is 4.90 Å². The molecular weight excluding hydrogens is 325 g/mol. The third-order valence-electron chi connectivity index (χ3n) is 4.92. The van der Waals surface area contributed by atoms with Gasteiger partial charge in [-0.2, -0.15) is 13.2 Å². The first-order valence-electron chi connectivity index (χ1n) is 8.03. The van der Waals surface area contributed by atoms with Gasteiger partial charge < -0.3 is 14.6 Å². The van der Waals surface area contributed by atoms with Crippen molar-refractivity contribution in [3.63, 3.8) is 0 Å². The number of carbonyl (C=O) groups is 1. The van der Waals surface area contributed by atoms with Crippen LogP contribution in [0, 0.1) is 11.8 Å². The summed E-state index contributed by atoms with van der Waals surface area (Å²) in [5.74, 6) is 0.332. The number of alkyl halides is 3. The van der Waals surface area contributed by atoms with E-state index in [0.29, 0.717) is 37.2 Å². The smallest absolute Gasteiger partial charge is 0.381 e. The van der Waals surface area contributed by atoms with E-state index in [4.69, 9.17) is 4.74 Å². The molecule has 0 aliphatic carbocycles. The zero-order chi connectivity index (χ0) is 17.3. The van der Waals surface area contributed by atoms with Gasteiger partial charge in [0.05, 0.1) is 5.56 Å². The minimum atomic E-state index is -4.60. The third kappa shape index (κ3) is 3.48. The monoisotopic (exact) mass is 344 g/mol. The molecule has 24 heavy (non-hydrogen) atoms. The highest BCUT2D eigenvalue weighted by Gasteiger charge is 2.34. The number of aromatic nitrogens is 1. The van der Waals surface area contributed by atoms with Gasteiger partial charge >= 0.3 is 6.18 Å². The van der Waals surface area contributed by atoms with E-state index in [2.05, 4.69) is 0 Å². The molecule has 1 aromatic rings. The van der Waals surface area contributed by atoms with Crippen LogP contribution in [0.4, 0.5) is 13.2 Å². The number of nitrogens with one attached hydrogen (secondary N) is 1. The minimum absolute atomic E-state index is 0.451. The van der Waals surface area contributed by atoms with Crippen LogP contribution in [0.15, 0.2) is 17.1 Å². The lowest BCUT2D eigenvalue weighted by molar-refractivity contribution is -0.137. The van der Waals surface area contributed by atoms with Gasteiger partial charge in [-0.1, -0.05) is 0 Å². The first-order valence-corrected chi connectivity index (χ1v) is 8.03. The van der Waals surface area contributed by atoms with E-state index in [0.717, 1.165) is 32.5 Å². The number of hydrogen-bond acceptors (Lipinski definition) is 3. The van der Waals surface area contributed by atoms with E-state index in [1.807, 2.05) is 4.98 Å². The normalized spacial score (nSPS) is 22.8. The summed E-state index contributed by atoms with van der Waals surface area (Å²) in [5, 5.41) is 0. The van der Waals surface area contributed by atoms with Gasteiger partial charge in [0.25, 0.3) is 11.5 Å². The number of amides is 1. The molecule has 1 aromatic heterocycles. The highest BCUT2D eigenvalue weighted by Crippen LogP contribution is 2.31. The van der Waals surface area contributed by atoms with Crippen LogP contribution < -0.4 is 5.56 Å². The van der Waals surface area contributed by atoms with Crippen LogP contribution in [0.3, 0.4) is 0 Å². The Balaban J connectivity index is 1.70. The van der Waals surface area contributed by atoms with Gasteiger partial charge in [-0.15, -0.1) is 0 Å². The number of pyridine rings is 1. The molecule has 1 N–H and O–H groups in total. The van der Waals surface area contributed by atoms with Crippen molar-refractivity contribution in [1.82, 2.24) is 9.88 Å². The number of piperidine rings is 1. The van der Waals surface area contributed by atoms with Crippen molar-refractivity contribution in [2.24, 2.45) is 11.8 Å². The van der Waals surface area contributed by atoms with E-state index >= 15 is 0 Å². The minimum Gasteiger partial charge on any atom is -0.381 e. The van der Waals surface area contributed by atoms with Crippen molar-refractivity contribution >= 4 is 5.91 Å². The quantitative estimate of drug-likeness (QED) is 0.895. The zero-order valence-electron chi connectivity index (χ0n) is 13.1. The summed E-state index contributed by atoms with van der Waals surface area (Å²) in [6.45, 7) is 2.42. The molecule has 1 unspecified atom stereocenters. The molecule has 2 aliphatic rings.